The Kier molecular flexibility index (Phi) is 14.8. The van der Waals surface area contributed by atoms with Crippen LogP contribution in [0.3, 0.4) is 0 Å². The SMILES string of the molecule is Br.CC(=O)c1cccc(C(C)=O)n1.CC(C)c1cccc(C(C)C)c1[N]=[Ni]=[N]c1c(C(C)C)cccc1C(C)C. The van der Waals surface area contributed by atoms with E-state index in [1.54, 1.807) is 18.2 Å². The van der Waals surface area contributed by atoms with E-state index < -0.39 is 0 Å². The number of halogens is 1. The van der Waals surface area contributed by atoms with E-state index in [-0.39, 0.29) is 28.5 Å². The van der Waals surface area contributed by atoms with Gasteiger partial charge in [-0.3, -0.25) is 9.59 Å². The maximum atomic E-state index is 10.8. The topological polar surface area (TPSA) is 71.8 Å². The monoisotopic (exact) mass is 651 g/mol. The Morgan fingerprint density at radius 2 is 0.850 bits per heavy atom. The number of aromatic nitrogens is 1. The van der Waals surface area contributed by atoms with E-state index >= 15 is 0 Å². The van der Waals surface area contributed by atoms with Crippen molar-refractivity contribution in [2.45, 2.75) is 92.9 Å². The minimum absolute atomic E-state index is 0. The Balaban J connectivity index is 0.000000516. The summed E-state index contributed by atoms with van der Waals surface area (Å²) in [7, 11) is 0. The second-order valence-corrected chi connectivity index (χ2v) is 11.6. The molecule has 0 amide bonds. The van der Waals surface area contributed by atoms with Gasteiger partial charge in [0.1, 0.15) is 11.4 Å². The molecule has 0 atom stereocenters. The molecular formula is C33H44BrN3NiO2. The number of pyridine rings is 1. The first kappa shape index (κ1) is 35.5. The molecule has 0 aliphatic heterocycles. The van der Waals surface area contributed by atoms with Gasteiger partial charge in [-0.25, -0.2) is 4.98 Å². The third-order valence-electron chi connectivity index (χ3n) is 6.36. The normalized spacial score (nSPS) is 10.8. The van der Waals surface area contributed by atoms with Gasteiger partial charge in [0.25, 0.3) is 0 Å². The summed E-state index contributed by atoms with van der Waals surface area (Å²) >= 11 is 1.12. The minimum atomic E-state index is -0.127. The number of ketones is 2. The predicted molar refractivity (Wildman–Crippen MR) is 168 cm³/mol. The third-order valence-corrected chi connectivity index (χ3v) is 7.00. The predicted octanol–water partition coefficient (Wildman–Crippen LogP) is 10.7. The zero-order chi connectivity index (χ0) is 29.3. The van der Waals surface area contributed by atoms with Gasteiger partial charge in [-0.15, -0.1) is 17.0 Å². The molecule has 0 bridgehead atoms. The summed E-state index contributed by atoms with van der Waals surface area (Å²) in [4.78, 5) is 25.6. The number of benzene rings is 2. The van der Waals surface area contributed by atoms with Gasteiger partial charge >= 0.3 is 171 Å². The average molecular weight is 653 g/mol. The molecule has 0 unspecified atom stereocenters. The van der Waals surface area contributed by atoms with E-state index in [0.717, 1.165) is 25.4 Å². The molecule has 0 saturated heterocycles. The number of carbonyl (C=O) groups is 2. The van der Waals surface area contributed by atoms with Crippen LogP contribution in [0.2, 0.25) is 0 Å². The van der Waals surface area contributed by atoms with Crippen molar-refractivity contribution in [3.63, 3.8) is 0 Å². The standard InChI is InChI=1S/2C12H17N.C9H9NO2.BrH.Ni/c2*1-8(2)10-6-5-7-11(9(3)4)12(10)13;1-6(11)8-4-3-5-9(10-8)7(2)12;;/h2*5-9H,1-4H3;3-5H,1-2H3;1H;. The van der Waals surface area contributed by atoms with Gasteiger partial charge in [-0.05, 0) is 12.1 Å². The van der Waals surface area contributed by atoms with Crippen molar-refractivity contribution in [2.24, 2.45) is 8.06 Å². The quantitative estimate of drug-likeness (QED) is 0.179. The molecule has 1 heterocycles. The zero-order valence-corrected chi connectivity index (χ0v) is 28.1. The Morgan fingerprint density at radius 3 is 1.10 bits per heavy atom. The molecule has 7 heteroatoms. The molecule has 3 aromatic rings. The zero-order valence-electron chi connectivity index (χ0n) is 25.4. The van der Waals surface area contributed by atoms with E-state index in [9.17, 15) is 9.59 Å². The molecule has 5 nitrogen and oxygen atoms in total. The van der Waals surface area contributed by atoms with E-state index in [4.69, 9.17) is 8.06 Å². The number of carbonyl (C=O) groups excluding carboxylic acids is 2. The fourth-order valence-electron chi connectivity index (χ4n) is 4.09. The molecule has 220 valence electrons. The second kappa shape index (κ2) is 16.7. The van der Waals surface area contributed by atoms with Crippen LogP contribution in [0.5, 0.6) is 0 Å². The third kappa shape index (κ3) is 9.85. The van der Waals surface area contributed by atoms with Crippen LogP contribution < -0.4 is 0 Å². The summed E-state index contributed by atoms with van der Waals surface area (Å²) in [5.74, 6) is 1.53. The first-order chi connectivity index (χ1) is 18.3. The molecule has 2 aromatic carbocycles. The number of Topliss-reactive ketones (excluding diaryl/α,β-unsaturated/α-hetero) is 2. The van der Waals surface area contributed by atoms with Gasteiger partial charge in [0.05, 0.1) is 0 Å². The van der Waals surface area contributed by atoms with E-state index in [1.807, 2.05) is 0 Å². The van der Waals surface area contributed by atoms with Gasteiger partial charge < -0.3 is 0 Å². The molecule has 0 N–H and O–H groups in total. The van der Waals surface area contributed by atoms with Crippen LogP contribution in [0, 0.1) is 0 Å². The molecule has 0 spiro atoms. The van der Waals surface area contributed by atoms with Crippen molar-refractivity contribution in [1.82, 2.24) is 4.98 Å². The molecule has 0 aliphatic rings. The second-order valence-electron chi connectivity index (χ2n) is 10.9. The summed E-state index contributed by atoms with van der Waals surface area (Å²) in [6, 6.07) is 17.9. The van der Waals surface area contributed by atoms with Crippen molar-refractivity contribution in [2.75, 3.05) is 0 Å². The van der Waals surface area contributed by atoms with Crippen LogP contribution in [0.15, 0.2) is 62.7 Å². The van der Waals surface area contributed by atoms with Crippen LogP contribution >= 0.6 is 17.0 Å². The number of hydrogen-bond donors (Lipinski definition) is 0. The van der Waals surface area contributed by atoms with E-state index in [1.165, 1.54) is 36.1 Å². The molecule has 1 aromatic heterocycles. The van der Waals surface area contributed by atoms with Crippen molar-refractivity contribution < 1.29 is 23.6 Å². The summed E-state index contributed by atoms with van der Waals surface area (Å²) < 4.78 is 9.83. The van der Waals surface area contributed by atoms with Crippen LogP contribution in [-0.4, -0.2) is 16.6 Å². The van der Waals surface area contributed by atoms with Crippen molar-refractivity contribution in [1.29, 1.82) is 0 Å². The van der Waals surface area contributed by atoms with E-state index in [0.29, 0.717) is 35.1 Å². The number of rotatable bonds is 8. The van der Waals surface area contributed by atoms with Gasteiger partial charge in [-0.1, -0.05) is 6.07 Å². The van der Waals surface area contributed by atoms with Crippen molar-refractivity contribution >= 4 is 39.9 Å². The number of nitrogens with zero attached hydrogens (tertiary/aromatic N) is 3. The first-order valence-electron chi connectivity index (χ1n) is 13.6. The maximum absolute atomic E-state index is 10.8. The van der Waals surface area contributed by atoms with Crippen molar-refractivity contribution in [3.8, 4) is 0 Å². The Morgan fingerprint density at radius 1 is 0.575 bits per heavy atom. The van der Waals surface area contributed by atoms with Crippen molar-refractivity contribution in [3.05, 3.63) is 88.2 Å². The fourth-order valence-corrected chi connectivity index (χ4v) is 4.85. The van der Waals surface area contributed by atoms with Gasteiger partial charge in [0, 0.05) is 13.8 Å². The first-order valence-corrected chi connectivity index (χ1v) is 14.5. The molecule has 40 heavy (non-hydrogen) atoms. The summed E-state index contributed by atoms with van der Waals surface area (Å²) in [5.41, 5.74) is 8.10. The fraction of sp³-hybridized carbons (Fsp3) is 0.424. The molecule has 0 aliphatic carbocycles. The summed E-state index contributed by atoms with van der Waals surface area (Å²) in [5, 5.41) is 0. The Labute approximate surface area is 256 Å². The van der Waals surface area contributed by atoms with Gasteiger partial charge in [0.15, 0.2) is 11.6 Å². The van der Waals surface area contributed by atoms with Gasteiger partial charge in [-0.2, -0.15) is 0 Å². The number of hydrogen-bond acceptors (Lipinski definition) is 5. The Hall–Kier alpha value is -2.50. The van der Waals surface area contributed by atoms with Crippen LogP contribution in [0.25, 0.3) is 0 Å². The Bertz CT molecular complexity index is 1220. The van der Waals surface area contributed by atoms with Crippen LogP contribution in [-0.2, 0) is 14.0 Å². The molecule has 3 rings (SSSR count). The van der Waals surface area contributed by atoms with Crippen LogP contribution in [0.1, 0.15) is 136 Å². The molecule has 0 fully saturated rings. The molecular weight excluding hydrogens is 609 g/mol. The summed E-state index contributed by atoms with van der Waals surface area (Å²) in [6.07, 6.45) is 0. The summed E-state index contributed by atoms with van der Waals surface area (Å²) in [6.45, 7) is 20.7. The van der Waals surface area contributed by atoms with E-state index in [2.05, 4.69) is 96.8 Å². The average Bonchev–Trinajstić information content (AvgIpc) is 2.88. The molecule has 0 radical (unpaired) electrons. The van der Waals surface area contributed by atoms with Crippen LogP contribution in [0.4, 0.5) is 11.4 Å². The molecule has 0 saturated carbocycles. The van der Waals surface area contributed by atoms with Gasteiger partial charge in [0.2, 0.25) is 0 Å².